The molecule has 2 aromatic rings. The number of anilines is 2. The topological polar surface area (TPSA) is 59.2 Å². The molecule has 0 atom stereocenters. The number of nitrogens with two attached hydrogens (primary N) is 1. The Morgan fingerprint density at radius 1 is 1.33 bits per heavy atom. The van der Waals surface area contributed by atoms with Crippen LogP contribution in [0.4, 0.5) is 11.5 Å². The minimum absolute atomic E-state index is 0.206. The summed E-state index contributed by atoms with van der Waals surface area (Å²) in [6.07, 6.45) is 1.63. The van der Waals surface area contributed by atoms with Crippen molar-refractivity contribution in [1.82, 2.24) is 4.98 Å². The lowest BCUT2D eigenvalue weighted by atomic mass is 10.2. The van der Waals surface area contributed by atoms with Gasteiger partial charge in [-0.05, 0) is 30.3 Å². The molecule has 1 aromatic heterocycles. The van der Waals surface area contributed by atoms with Crippen molar-refractivity contribution in [2.75, 3.05) is 17.7 Å². The molecule has 0 bridgehead atoms. The number of aromatic nitrogens is 1. The Morgan fingerprint density at radius 2 is 2.11 bits per heavy atom. The third-order valence-electron chi connectivity index (χ3n) is 2.46. The van der Waals surface area contributed by atoms with Crippen molar-refractivity contribution in [3.05, 3.63) is 53.2 Å². The fourth-order valence-electron chi connectivity index (χ4n) is 1.59. The normalized spacial score (nSPS) is 10.1. The molecule has 92 valence electrons. The zero-order valence-electron chi connectivity index (χ0n) is 9.80. The molecule has 2 N–H and O–H groups in total. The van der Waals surface area contributed by atoms with Crippen molar-refractivity contribution in [1.29, 1.82) is 0 Å². The van der Waals surface area contributed by atoms with E-state index in [0.717, 1.165) is 0 Å². The molecule has 1 aromatic carbocycles. The fourth-order valence-corrected chi connectivity index (χ4v) is 1.83. The Hall–Kier alpha value is -2.07. The summed E-state index contributed by atoms with van der Waals surface area (Å²) in [5.74, 6) is 0.365. The van der Waals surface area contributed by atoms with E-state index in [1.165, 1.54) is 4.90 Å². The number of hydrogen-bond acceptors (Lipinski definition) is 3. The van der Waals surface area contributed by atoms with Crippen LogP contribution in [0.2, 0.25) is 5.02 Å². The number of carbonyl (C=O) groups excluding carboxylic acids is 1. The Balaban J connectivity index is 2.31. The van der Waals surface area contributed by atoms with Crippen LogP contribution in [0, 0.1) is 0 Å². The molecule has 18 heavy (non-hydrogen) atoms. The molecule has 5 heteroatoms. The molecule has 0 spiro atoms. The van der Waals surface area contributed by atoms with E-state index in [1.807, 2.05) is 6.07 Å². The standard InChI is InChI=1S/C13H12ClN3O/c1-17(12-4-2-3-5-16-12)13(18)9-6-10(14)8-11(15)7-9/h2-8H,15H2,1H3. The van der Waals surface area contributed by atoms with Crippen molar-refractivity contribution in [2.24, 2.45) is 0 Å². The molecular formula is C13H12ClN3O. The van der Waals surface area contributed by atoms with Gasteiger partial charge in [0.1, 0.15) is 5.82 Å². The minimum atomic E-state index is -0.206. The molecule has 4 nitrogen and oxygen atoms in total. The highest BCUT2D eigenvalue weighted by molar-refractivity contribution is 6.31. The van der Waals surface area contributed by atoms with Gasteiger partial charge in [0.2, 0.25) is 0 Å². The first-order chi connectivity index (χ1) is 8.58. The Labute approximate surface area is 110 Å². The summed E-state index contributed by atoms with van der Waals surface area (Å²) in [6, 6.07) is 10.1. The highest BCUT2D eigenvalue weighted by Crippen LogP contribution is 2.19. The average Bonchev–Trinajstić information content (AvgIpc) is 2.37. The van der Waals surface area contributed by atoms with E-state index in [0.29, 0.717) is 22.1 Å². The van der Waals surface area contributed by atoms with Gasteiger partial charge in [0.25, 0.3) is 5.91 Å². The maximum Gasteiger partial charge on any atom is 0.259 e. The van der Waals surface area contributed by atoms with Gasteiger partial charge in [-0.2, -0.15) is 0 Å². The maximum atomic E-state index is 12.2. The van der Waals surface area contributed by atoms with Crippen LogP contribution >= 0.6 is 11.6 Å². The average molecular weight is 262 g/mol. The van der Waals surface area contributed by atoms with E-state index in [2.05, 4.69) is 4.98 Å². The Kier molecular flexibility index (Phi) is 3.48. The molecule has 0 aliphatic carbocycles. The summed E-state index contributed by atoms with van der Waals surface area (Å²) in [6.45, 7) is 0. The summed E-state index contributed by atoms with van der Waals surface area (Å²) in [4.78, 5) is 17.8. The number of halogens is 1. The van der Waals surface area contributed by atoms with Crippen LogP contribution in [0.5, 0.6) is 0 Å². The van der Waals surface area contributed by atoms with Gasteiger partial charge in [0.15, 0.2) is 0 Å². The summed E-state index contributed by atoms with van der Waals surface area (Å²) >= 11 is 5.88. The molecule has 1 heterocycles. The first-order valence-electron chi connectivity index (χ1n) is 5.33. The quantitative estimate of drug-likeness (QED) is 0.846. The molecule has 0 saturated heterocycles. The van der Waals surface area contributed by atoms with Gasteiger partial charge < -0.3 is 5.73 Å². The van der Waals surface area contributed by atoms with E-state index < -0.39 is 0 Å². The first-order valence-corrected chi connectivity index (χ1v) is 5.71. The number of nitrogens with zero attached hydrogens (tertiary/aromatic N) is 2. The van der Waals surface area contributed by atoms with Gasteiger partial charge in [-0.15, -0.1) is 0 Å². The van der Waals surface area contributed by atoms with Crippen LogP contribution in [-0.4, -0.2) is 17.9 Å². The fraction of sp³-hybridized carbons (Fsp3) is 0.0769. The lowest BCUT2D eigenvalue weighted by Crippen LogP contribution is -2.27. The zero-order chi connectivity index (χ0) is 13.1. The third kappa shape index (κ3) is 2.60. The third-order valence-corrected chi connectivity index (χ3v) is 2.68. The van der Waals surface area contributed by atoms with Crippen molar-refractivity contribution in [3.63, 3.8) is 0 Å². The molecule has 0 aliphatic heterocycles. The second-order valence-corrected chi connectivity index (χ2v) is 4.26. The van der Waals surface area contributed by atoms with Gasteiger partial charge in [0, 0.05) is 29.5 Å². The van der Waals surface area contributed by atoms with Crippen molar-refractivity contribution < 1.29 is 4.79 Å². The zero-order valence-corrected chi connectivity index (χ0v) is 10.6. The molecule has 0 fully saturated rings. The smallest absolute Gasteiger partial charge is 0.259 e. The summed E-state index contributed by atoms with van der Waals surface area (Å²) in [7, 11) is 1.65. The molecule has 0 unspecified atom stereocenters. The van der Waals surface area contributed by atoms with Crippen LogP contribution < -0.4 is 10.6 Å². The summed E-state index contributed by atoms with van der Waals surface area (Å²) < 4.78 is 0. The maximum absolute atomic E-state index is 12.2. The summed E-state index contributed by atoms with van der Waals surface area (Å²) in [5.41, 5.74) is 6.56. The molecule has 1 amide bonds. The second kappa shape index (κ2) is 5.06. The summed E-state index contributed by atoms with van der Waals surface area (Å²) in [5, 5.41) is 0.438. The van der Waals surface area contributed by atoms with Gasteiger partial charge in [-0.25, -0.2) is 4.98 Å². The number of pyridine rings is 1. The van der Waals surface area contributed by atoms with Crippen molar-refractivity contribution >= 4 is 29.0 Å². The van der Waals surface area contributed by atoms with Crippen LogP contribution in [0.1, 0.15) is 10.4 Å². The van der Waals surface area contributed by atoms with Gasteiger partial charge >= 0.3 is 0 Å². The number of hydrogen-bond donors (Lipinski definition) is 1. The van der Waals surface area contributed by atoms with Gasteiger partial charge in [-0.1, -0.05) is 17.7 Å². The van der Waals surface area contributed by atoms with Gasteiger partial charge in [0.05, 0.1) is 0 Å². The Morgan fingerprint density at radius 3 is 2.72 bits per heavy atom. The number of carbonyl (C=O) groups is 1. The monoisotopic (exact) mass is 261 g/mol. The first kappa shape index (κ1) is 12.4. The molecule has 0 saturated carbocycles. The second-order valence-electron chi connectivity index (χ2n) is 3.83. The highest BCUT2D eigenvalue weighted by atomic mass is 35.5. The molecule has 0 radical (unpaired) electrons. The molecule has 0 aliphatic rings. The number of benzene rings is 1. The number of rotatable bonds is 2. The highest BCUT2D eigenvalue weighted by Gasteiger charge is 2.15. The number of nitrogen functional groups attached to an aromatic ring is 1. The van der Waals surface area contributed by atoms with Crippen LogP contribution in [0.15, 0.2) is 42.6 Å². The predicted octanol–water partition coefficient (Wildman–Crippen LogP) is 2.59. The van der Waals surface area contributed by atoms with E-state index >= 15 is 0 Å². The van der Waals surface area contributed by atoms with Crippen LogP contribution in [0.25, 0.3) is 0 Å². The molecule has 2 rings (SSSR count). The SMILES string of the molecule is CN(C(=O)c1cc(N)cc(Cl)c1)c1ccccn1. The lowest BCUT2D eigenvalue weighted by Gasteiger charge is -2.16. The van der Waals surface area contributed by atoms with E-state index in [4.69, 9.17) is 17.3 Å². The van der Waals surface area contributed by atoms with E-state index in [-0.39, 0.29) is 5.91 Å². The van der Waals surface area contributed by atoms with Crippen LogP contribution in [-0.2, 0) is 0 Å². The largest absolute Gasteiger partial charge is 0.399 e. The lowest BCUT2D eigenvalue weighted by molar-refractivity contribution is 0.0992. The predicted molar refractivity (Wildman–Crippen MR) is 72.8 cm³/mol. The van der Waals surface area contributed by atoms with E-state index in [9.17, 15) is 4.79 Å². The van der Waals surface area contributed by atoms with Crippen LogP contribution in [0.3, 0.4) is 0 Å². The number of amides is 1. The minimum Gasteiger partial charge on any atom is -0.399 e. The van der Waals surface area contributed by atoms with Gasteiger partial charge in [-0.3, -0.25) is 9.69 Å². The molecular weight excluding hydrogens is 250 g/mol. The Bertz CT molecular complexity index is 551. The van der Waals surface area contributed by atoms with E-state index in [1.54, 1.807) is 43.6 Å². The van der Waals surface area contributed by atoms with Crippen molar-refractivity contribution in [3.8, 4) is 0 Å². The van der Waals surface area contributed by atoms with Crippen molar-refractivity contribution in [2.45, 2.75) is 0 Å².